The van der Waals surface area contributed by atoms with Crippen LogP contribution in [-0.4, -0.2) is 70.3 Å². The molecule has 2 aliphatic rings. The predicted molar refractivity (Wildman–Crippen MR) is 157 cm³/mol. The van der Waals surface area contributed by atoms with E-state index >= 15 is 0 Å². The average molecular weight is 582 g/mol. The molecule has 2 aromatic rings. The van der Waals surface area contributed by atoms with Gasteiger partial charge in [0.2, 0.25) is 23.0 Å². The number of anilines is 1. The molecule has 0 spiro atoms. The van der Waals surface area contributed by atoms with Crippen molar-refractivity contribution >= 4 is 23.5 Å². The van der Waals surface area contributed by atoms with Crippen LogP contribution in [0.3, 0.4) is 0 Å². The van der Waals surface area contributed by atoms with Gasteiger partial charge in [-0.15, -0.1) is 0 Å². The molecule has 0 radical (unpaired) electrons. The van der Waals surface area contributed by atoms with Gasteiger partial charge in [-0.05, 0) is 67.5 Å². The Hall–Kier alpha value is -4.28. The number of aryl methyl sites for hydroxylation is 1. The van der Waals surface area contributed by atoms with Crippen LogP contribution in [0.1, 0.15) is 50.3 Å². The lowest BCUT2D eigenvalue weighted by molar-refractivity contribution is -0.149. The number of nitrogens with zero attached hydrogens (tertiary/aromatic N) is 1. The topological polar surface area (TPSA) is 132 Å². The number of methoxy groups -OCH3 is 4. The summed E-state index contributed by atoms with van der Waals surface area (Å²) in [6.45, 7) is 4.03. The summed E-state index contributed by atoms with van der Waals surface area (Å²) in [5.41, 5.74) is 2.93. The van der Waals surface area contributed by atoms with E-state index in [1.54, 1.807) is 32.1 Å². The zero-order valence-corrected chi connectivity index (χ0v) is 25.0. The van der Waals surface area contributed by atoms with E-state index < -0.39 is 12.1 Å². The fourth-order valence-electron chi connectivity index (χ4n) is 5.90. The number of rotatable bonds is 8. The molecule has 0 saturated carbocycles. The fourth-order valence-corrected chi connectivity index (χ4v) is 5.90. The van der Waals surface area contributed by atoms with Gasteiger partial charge in [0.1, 0.15) is 6.04 Å². The molecule has 1 aliphatic carbocycles. The van der Waals surface area contributed by atoms with Crippen molar-refractivity contribution in [3.8, 4) is 28.4 Å². The largest absolute Gasteiger partial charge is 0.493 e. The molecule has 0 bridgehead atoms. The molecule has 2 N–H and O–H groups in total. The molecule has 11 nitrogen and oxygen atoms in total. The number of ether oxygens (including phenoxy) is 4. The molecule has 0 unspecified atom stereocenters. The number of hydrogen-bond acceptors (Lipinski definition) is 9. The summed E-state index contributed by atoms with van der Waals surface area (Å²) < 4.78 is 21.9. The molecule has 4 rings (SSSR count). The third-order valence-corrected chi connectivity index (χ3v) is 8.00. The van der Waals surface area contributed by atoms with Gasteiger partial charge in [0.05, 0.1) is 46.1 Å². The lowest BCUT2D eigenvalue weighted by Crippen LogP contribution is -2.46. The average Bonchev–Trinajstić information content (AvgIpc) is 3.23. The Kier molecular flexibility index (Phi) is 9.59. The van der Waals surface area contributed by atoms with E-state index in [9.17, 15) is 19.2 Å². The van der Waals surface area contributed by atoms with Crippen molar-refractivity contribution in [3.05, 3.63) is 45.6 Å². The smallest absolute Gasteiger partial charge is 0.308 e. The first-order valence-electron chi connectivity index (χ1n) is 14.0. The quantitative estimate of drug-likeness (QED) is 0.452. The Bertz CT molecular complexity index is 1420. The highest BCUT2D eigenvalue weighted by Gasteiger charge is 2.31. The van der Waals surface area contributed by atoms with Crippen LogP contribution in [0, 0.1) is 5.92 Å². The van der Waals surface area contributed by atoms with Crippen molar-refractivity contribution in [1.29, 1.82) is 0 Å². The first-order chi connectivity index (χ1) is 20.1. The van der Waals surface area contributed by atoms with Crippen molar-refractivity contribution in [2.45, 2.75) is 51.6 Å². The van der Waals surface area contributed by atoms with Crippen molar-refractivity contribution in [3.63, 3.8) is 0 Å². The normalized spacial score (nSPS) is 17.1. The minimum Gasteiger partial charge on any atom is -0.493 e. The van der Waals surface area contributed by atoms with E-state index in [-0.39, 0.29) is 34.8 Å². The van der Waals surface area contributed by atoms with Crippen molar-refractivity contribution < 1.29 is 33.3 Å². The summed E-state index contributed by atoms with van der Waals surface area (Å²) >= 11 is 0. The van der Waals surface area contributed by atoms with E-state index in [0.717, 1.165) is 11.1 Å². The molecule has 2 aromatic carbocycles. The molecular formula is C31H39N3O8. The van der Waals surface area contributed by atoms with Crippen LogP contribution in [0.5, 0.6) is 17.2 Å². The molecule has 2 amide bonds. The fraction of sp³-hybridized carbons (Fsp3) is 0.484. The second-order valence-electron chi connectivity index (χ2n) is 10.6. The van der Waals surface area contributed by atoms with Crippen molar-refractivity contribution in [1.82, 2.24) is 10.2 Å². The highest BCUT2D eigenvalue weighted by atomic mass is 16.5. The third kappa shape index (κ3) is 6.14. The third-order valence-electron chi connectivity index (χ3n) is 8.00. The predicted octanol–water partition coefficient (Wildman–Crippen LogP) is 3.08. The number of esters is 1. The Labute approximate surface area is 245 Å². The maximum absolute atomic E-state index is 13.6. The maximum atomic E-state index is 13.6. The summed E-state index contributed by atoms with van der Waals surface area (Å²) in [6, 6.07) is 5.76. The molecule has 1 fully saturated rings. The van der Waals surface area contributed by atoms with Crippen molar-refractivity contribution in [2.75, 3.05) is 46.8 Å². The first-order valence-corrected chi connectivity index (χ1v) is 14.0. The Morgan fingerprint density at radius 2 is 1.64 bits per heavy atom. The standard InChI is InChI=1S/C31H39N3O8/c1-17(30(37)34-13-11-19(12-14-34)31(38)42-6)32-24-10-8-21-22(16-25(24)36)23(33-18(2)35)9-7-20-15-26(39-3)28(40-4)29(41-5)27(20)21/h8,10,15-17,19,23H,7,9,11-14H2,1-6H3,(H,32,36)(H,33,35)/t17-,23-/m1/s1. The summed E-state index contributed by atoms with van der Waals surface area (Å²) in [5.74, 6) is 0.551. The van der Waals surface area contributed by atoms with Crippen LogP contribution >= 0.6 is 0 Å². The maximum Gasteiger partial charge on any atom is 0.308 e. The van der Waals surface area contributed by atoms with Crippen LogP contribution in [0.15, 0.2) is 29.1 Å². The lowest BCUT2D eigenvalue weighted by Gasteiger charge is -2.32. The Morgan fingerprint density at radius 1 is 0.952 bits per heavy atom. The molecule has 0 aromatic heterocycles. The Balaban J connectivity index is 1.73. The van der Waals surface area contributed by atoms with Crippen LogP contribution in [-0.2, 0) is 25.5 Å². The van der Waals surface area contributed by atoms with E-state index in [0.29, 0.717) is 67.1 Å². The van der Waals surface area contributed by atoms with Gasteiger partial charge in [-0.3, -0.25) is 19.2 Å². The van der Waals surface area contributed by atoms with Gasteiger partial charge in [-0.25, -0.2) is 0 Å². The number of piperidine rings is 1. The second-order valence-corrected chi connectivity index (χ2v) is 10.6. The monoisotopic (exact) mass is 581 g/mol. The van der Waals surface area contributed by atoms with Crippen LogP contribution in [0.2, 0.25) is 0 Å². The van der Waals surface area contributed by atoms with Gasteiger partial charge >= 0.3 is 5.97 Å². The summed E-state index contributed by atoms with van der Waals surface area (Å²) in [4.78, 5) is 52.6. The van der Waals surface area contributed by atoms with E-state index in [4.69, 9.17) is 18.9 Å². The van der Waals surface area contributed by atoms with Crippen molar-refractivity contribution in [2.24, 2.45) is 5.92 Å². The number of likely N-dealkylation sites (tertiary alicyclic amines) is 1. The summed E-state index contributed by atoms with van der Waals surface area (Å²) in [5, 5.41) is 6.09. The Morgan fingerprint density at radius 3 is 2.24 bits per heavy atom. The van der Waals surface area contributed by atoms with E-state index in [1.165, 1.54) is 27.2 Å². The zero-order valence-electron chi connectivity index (χ0n) is 25.0. The second kappa shape index (κ2) is 13.1. The molecule has 42 heavy (non-hydrogen) atoms. The SMILES string of the molecule is COC(=O)C1CCN(C(=O)[C@@H](C)Nc2ccc3c(cc2=O)[C@H](NC(C)=O)CCc2cc(OC)c(OC)c(OC)c2-3)CC1. The lowest BCUT2D eigenvalue weighted by atomic mass is 9.95. The summed E-state index contributed by atoms with van der Waals surface area (Å²) in [6.07, 6.45) is 2.20. The summed E-state index contributed by atoms with van der Waals surface area (Å²) in [7, 11) is 6.00. The number of amides is 2. The molecule has 1 aliphatic heterocycles. The highest BCUT2D eigenvalue weighted by Crippen LogP contribution is 2.50. The number of carbonyl (C=O) groups excluding carboxylic acids is 3. The van der Waals surface area contributed by atoms with E-state index in [2.05, 4.69) is 10.6 Å². The number of nitrogens with one attached hydrogen (secondary N) is 2. The molecule has 1 saturated heterocycles. The molecular weight excluding hydrogens is 542 g/mol. The zero-order chi connectivity index (χ0) is 30.6. The van der Waals surface area contributed by atoms with Gasteiger partial charge in [-0.2, -0.15) is 0 Å². The number of fused-ring (bicyclic) bond motifs is 3. The van der Waals surface area contributed by atoms with Gasteiger partial charge < -0.3 is 34.5 Å². The molecule has 2 atom stereocenters. The minimum atomic E-state index is -0.688. The van der Waals surface area contributed by atoms with Gasteiger partial charge in [0.15, 0.2) is 11.5 Å². The first kappa shape index (κ1) is 30.7. The van der Waals surface area contributed by atoms with Crippen LogP contribution in [0.25, 0.3) is 11.1 Å². The molecule has 1 heterocycles. The van der Waals surface area contributed by atoms with Gasteiger partial charge in [0.25, 0.3) is 0 Å². The van der Waals surface area contributed by atoms with Gasteiger partial charge in [0, 0.05) is 25.6 Å². The van der Waals surface area contributed by atoms with E-state index in [1.807, 2.05) is 12.1 Å². The van der Waals surface area contributed by atoms with Gasteiger partial charge in [-0.1, -0.05) is 6.07 Å². The molecule has 226 valence electrons. The number of carbonyl (C=O) groups is 3. The molecule has 11 heteroatoms. The van der Waals surface area contributed by atoms with Crippen LogP contribution in [0.4, 0.5) is 5.69 Å². The minimum absolute atomic E-state index is 0.161. The number of benzene rings is 1. The number of hydrogen-bond donors (Lipinski definition) is 2. The highest BCUT2D eigenvalue weighted by molar-refractivity contribution is 5.86. The van der Waals surface area contributed by atoms with Crippen LogP contribution < -0.4 is 30.3 Å².